The Hall–Kier alpha value is -2.15. The number of H-pyrrole nitrogens is 1. The zero-order chi connectivity index (χ0) is 15.3. The first-order chi connectivity index (χ1) is 10.7. The maximum absolute atomic E-state index is 12.0. The van der Waals surface area contributed by atoms with Gasteiger partial charge in [0.1, 0.15) is 11.3 Å². The fourth-order valence-corrected chi connectivity index (χ4v) is 3.78. The molecule has 0 aromatic carbocycles. The van der Waals surface area contributed by atoms with Crippen LogP contribution in [0.1, 0.15) is 29.2 Å². The fourth-order valence-electron chi connectivity index (χ4n) is 3.78. The van der Waals surface area contributed by atoms with Gasteiger partial charge in [0.15, 0.2) is 0 Å². The van der Waals surface area contributed by atoms with E-state index < -0.39 is 5.97 Å². The van der Waals surface area contributed by atoms with E-state index in [9.17, 15) is 9.59 Å². The fraction of sp³-hybridized carbons (Fsp3) is 0.533. The standard InChI is InChI=1S/C15H18N4O3/c1-22-15(21)11-7-19(6-10-13(11)16-17-14(10)20)12-8-18-4-2-9(12)3-5-18/h6-7,9,12H,2-5,8H2,1H3,(H,17,20)/t12-/m0/s1. The molecule has 7 nitrogen and oxygen atoms in total. The number of nitrogens with zero attached hydrogens (tertiary/aromatic N) is 3. The minimum atomic E-state index is -0.466. The molecule has 5 rings (SSSR count). The van der Waals surface area contributed by atoms with Crippen molar-refractivity contribution in [1.82, 2.24) is 19.7 Å². The van der Waals surface area contributed by atoms with Crippen molar-refractivity contribution in [3.05, 3.63) is 28.3 Å². The van der Waals surface area contributed by atoms with Crippen LogP contribution in [0.3, 0.4) is 0 Å². The van der Waals surface area contributed by atoms with E-state index in [0.29, 0.717) is 28.8 Å². The number of rotatable bonds is 2. The number of ether oxygens (including phenoxy) is 1. The topological polar surface area (TPSA) is 80.2 Å². The van der Waals surface area contributed by atoms with Crippen molar-refractivity contribution in [1.29, 1.82) is 0 Å². The van der Waals surface area contributed by atoms with Crippen LogP contribution in [0.5, 0.6) is 0 Å². The number of esters is 1. The summed E-state index contributed by atoms with van der Waals surface area (Å²) in [5.74, 6) is 0.132. The first-order valence-corrected chi connectivity index (χ1v) is 7.58. The van der Waals surface area contributed by atoms with Gasteiger partial charge in [0.25, 0.3) is 5.56 Å². The number of carbonyl (C=O) groups excluding carboxylic acids is 1. The summed E-state index contributed by atoms with van der Waals surface area (Å²) in [6.45, 7) is 3.26. The van der Waals surface area contributed by atoms with Crippen molar-refractivity contribution < 1.29 is 9.53 Å². The van der Waals surface area contributed by atoms with Gasteiger partial charge in [0, 0.05) is 25.0 Å². The second kappa shape index (κ2) is 4.95. The summed E-state index contributed by atoms with van der Waals surface area (Å²) in [6.07, 6.45) is 5.93. The molecule has 7 heteroatoms. The molecule has 1 N–H and O–H groups in total. The molecule has 0 unspecified atom stereocenters. The molecule has 2 bridgehead atoms. The minimum absolute atomic E-state index is 0.268. The van der Waals surface area contributed by atoms with Crippen molar-refractivity contribution in [2.24, 2.45) is 5.92 Å². The Kier molecular flexibility index (Phi) is 3.04. The highest BCUT2D eigenvalue weighted by atomic mass is 16.5. The van der Waals surface area contributed by atoms with E-state index in [4.69, 9.17) is 4.74 Å². The van der Waals surface area contributed by atoms with Crippen LogP contribution in [-0.2, 0) is 4.74 Å². The number of aromatic nitrogens is 3. The van der Waals surface area contributed by atoms with Gasteiger partial charge in [-0.3, -0.25) is 4.79 Å². The molecule has 0 aliphatic carbocycles. The number of pyridine rings is 1. The van der Waals surface area contributed by atoms with Crippen LogP contribution in [0.15, 0.2) is 17.2 Å². The van der Waals surface area contributed by atoms with Gasteiger partial charge in [0.2, 0.25) is 0 Å². The third-order valence-electron chi connectivity index (χ3n) is 4.99. The van der Waals surface area contributed by atoms with Crippen molar-refractivity contribution in [3.63, 3.8) is 0 Å². The normalized spacial score (nSPS) is 27.2. The largest absolute Gasteiger partial charge is 0.465 e. The summed E-state index contributed by atoms with van der Waals surface area (Å²) in [7, 11) is 1.34. The lowest BCUT2D eigenvalue weighted by atomic mass is 9.83. The van der Waals surface area contributed by atoms with Gasteiger partial charge in [-0.05, 0) is 31.8 Å². The Bertz CT molecular complexity index is 742. The number of hydrogen-bond donors (Lipinski definition) is 1. The predicted molar refractivity (Wildman–Crippen MR) is 79.0 cm³/mol. The summed E-state index contributed by atoms with van der Waals surface area (Å²) in [6, 6.07) is 0.296. The number of fused-ring (bicyclic) bond motifs is 4. The first-order valence-electron chi connectivity index (χ1n) is 7.58. The van der Waals surface area contributed by atoms with Crippen molar-refractivity contribution in [3.8, 4) is 11.3 Å². The van der Waals surface area contributed by atoms with Crippen LogP contribution < -0.4 is 5.56 Å². The molecule has 0 aromatic heterocycles. The summed E-state index contributed by atoms with van der Waals surface area (Å²) in [5.41, 5.74) is 0.902. The van der Waals surface area contributed by atoms with E-state index in [1.807, 2.05) is 10.8 Å². The molecule has 116 valence electrons. The molecule has 0 amide bonds. The van der Waals surface area contributed by atoms with E-state index in [-0.39, 0.29) is 5.56 Å². The Balaban J connectivity index is 1.84. The third kappa shape index (κ3) is 1.96. The Labute approximate surface area is 127 Å². The lowest BCUT2D eigenvalue weighted by Crippen LogP contribution is -2.48. The molecule has 5 aliphatic heterocycles. The molecule has 5 aliphatic rings. The van der Waals surface area contributed by atoms with Gasteiger partial charge in [-0.25, -0.2) is 9.89 Å². The molecule has 3 fully saturated rings. The Morgan fingerprint density at radius 1 is 1.36 bits per heavy atom. The van der Waals surface area contributed by atoms with Crippen LogP contribution >= 0.6 is 0 Å². The number of methoxy groups -OCH3 is 1. The Morgan fingerprint density at radius 3 is 2.77 bits per heavy atom. The maximum Gasteiger partial charge on any atom is 0.341 e. The van der Waals surface area contributed by atoms with Crippen LogP contribution in [0.4, 0.5) is 0 Å². The van der Waals surface area contributed by atoms with Crippen molar-refractivity contribution in [2.45, 2.75) is 18.9 Å². The van der Waals surface area contributed by atoms with Gasteiger partial charge < -0.3 is 14.2 Å². The molecule has 0 aromatic rings. The van der Waals surface area contributed by atoms with Gasteiger partial charge in [-0.1, -0.05) is 0 Å². The minimum Gasteiger partial charge on any atom is -0.465 e. The number of carbonyl (C=O) groups is 1. The van der Waals surface area contributed by atoms with E-state index in [1.165, 1.54) is 20.0 Å². The molecule has 0 radical (unpaired) electrons. The average molecular weight is 302 g/mol. The maximum atomic E-state index is 12.0. The van der Waals surface area contributed by atoms with Crippen LogP contribution in [-0.4, -0.2) is 52.4 Å². The second-order valence-corrected chi connectivity index (χ2v) is 6.13. The second-order valence-electron chi connectivity index (χ2n) is 6.13. The number of hydrogen-bond acceptors (Lipinski definition) is 5. The summed E-state index contributed by atoms with van der Waals surface area (Å²) >= 11 is 0. The lowest BCUT2D eigenvalue weighted by molar-refractivity contribution is 0.0549. The number of nitrogens with one attached hydrogen (secondary N) is 1. The quantitative estimate of drug-likeness (QED) is 0.827. The SMILES string of the molecule is COC(=O)c1cn([C@H]2CN3CCC2CC3)cc2c(=O)[nH]nc1-2. The number of aromatic amines is 1. The van der Waals surface area contributed by atoms with Crippen molar-refractivity contribution >= 4 is 5.97 Å². The molecule has 5 heterocycles. The highest BCUT2D eigenvalue weighted by molar-refractivity contribution is 5.95. The molecule has 3 saturated heterocycles. The smallest absolute Gasteiger partial charge is 0.341 e. The molecule has 0 spiro atoms. The van der Waals surface area contributed by atoms with Crippen LogP contribution in [0, 0.1) is 5.92 Å². The van der Waals surface area contributed by atoms with E-state index in [2.05, 4.69) is 15.1 Å². The molecule has 22 heavy (non-hydrogen) atoms. The summed E-state index contributed by atoms with van der Waals surface area (Å²) in [5, 5.41) is 6.38. The van der Waals surface area contributed by atoms with Gasteiger partial charge in [0.05, 0.1) is 12.7 Å². The Morgan fingerprint density at radius 2 is 2.14 bits per heavy atom. The number of piperidine rings is 3. The van der Waals surface area contributed by atoms with Gasteiger partial charge in [-0.15, -0.1) is 0 Å². The monoisotopic (exact) mass is 302 g/mol. The first kappa shape index (κ1) is 13.5. The zero-order valence-corrected chi connectivity index (χ0v) is 12.4. The summed E-state index contributed by atoms with van der Waals surface area (Å²) < 4.78 is 6.85. The molecular weight excluding hydrogens is 284 g/mol. The van der Waals surface area contributed by atoms with E-state index in [1.54, 1.807) is 6.20 Å². The molecule has 1 atom stereocenters. The summed E-state index contributed by atoms with van der Waals surface area (Å²) in [4.78, 5) is 26.4. The van der Waals surface area contributed by atoms with Gasteiger partial charge >= 0.3 is 5.97 Å². The molecule has 0 saturated carbocycles. The van der Waals surface area contributed by atoms with Crippen LogP contribution in [0.25, 0.3) is 11.3 Å². The lowest BCUT2D eigenvalue weighted by Gasteiger charge is -2.45. The molecular formula is C15H18N4O3. The van der Waals surface area contributed by atoms with E-state index >= 15 is 0 Å². The van der Waals surface area contributed by atoms with Crippen molar-refractivity contribution in [2.75, 3.05) is 26.7 Å². The predicted octanol–water partition coefficient (Wildman–Crippen LogP) is 0.730. The van der Waals surface area contributed by atoms with Gasteiger partial charge in [-0.2, -0.15) is 5.10 Å². The van der Waals surface area contributed by atoms with E-state index in [0.717, 1.165) is 19.6 Å². The highest BCUT2D eigenvalue weighted by Gasteiger charge is 2.36. The van der Waals surface area contributed by atoms with Crippen LogP contribution in [0.2, 0.25) is 0 Å². The highest BCUT2D eigenvalue weighted by Crippen LogP contribution is 2.36. The average Bonchev–Trinajstić information content (AvgIpc) is 2.95. The third-order valence-corrected chi connectivity index (χ3v) is 4.99. The zero-order valence-electron chi connectivity index (χ0n) is 12.4.